The Morgan fingerprint density at radius 2 is 1.88 bits per heavy atom. The highest BCUT2D eigenvalue weighted by Crippen LogP contribution is 2.28. The summed E-state index contributed by atoms with van der Waals surface area (Å²) in [7, 11) is 1.69. The smallest absolute Gasteiger partial charge is 0.118 e. The van der Waals surface area contributed by atoms with Crippen LogP contribution in [0.5, 0.6) is 5.75 Å². The molecule has 0 spiro atoms. The van der Waals surface area contributed by atoms with Crippen molar-refractivity contribution in [3.8, 4) is 5.75 Å². The fourth-order valence-electron chi connectivity index (χ4n) is 2.20. The highest BCUT2D eigenvalue weighted by atomic mass is 16.5. The maximum Gasteiger partial charge on any atom is 0.118 e. The molecule has 2 nitrogen and oxygen atoms in total. The van der Waals surface area contributed by atoms with Gasteiger partial charge in [0.25, 0.3) is 0 Å². The minimum absolute atomic E-state index is 0.464. The summed E-state index contributed by atoms with van der Waals surface area (Å²) >= 11 is 0. The standard InChI is InChI=1S/C14H23NO/c1-4-5-11(2)14(10-15)12-6-8-13(16-3)9-7-12/h6-9,11,14H,4-5,10,15H2,1-3H3. The van der Waals surface area contributed by atoms with Crippen LogP contribution in [0.2, 0.25) is 0 Å². The van der Waals surface area contributed by atoms with Crippen molar-refractivity contribution in [2.24, 2.45) is 11.7 Å². The number of hydrogen-bond acceptors (Lipinski definition) is 2. The van der Waals surface area contributed by atoms with E-state index in [9.17, 15) is 0 Å². The van der Waals surface area contributed by atoms with E-state index in [1.807, 2.05) is 12.1 Å². The van der Waals surface area contributed by atoms with Crippen molar-refractivity contribution < 1.29 is 4.74 Å². The second kappa shape index (κ2) is 6.54. The molecule has 0 heterocycles. The first-order valence-electron chi connectivity index (χ1n) is 6.06. The van der Waals surface area contributed by atoms with Crippen molar-refractivity contribution in [1.29, 1.82) is 0 Å². The van der Waals surface area contributed by atoms with Crippen LogP contribution in [-0.4, -0.2) is 13.7 Å². The zero-order valence-electron chi connectivity index (χ0n) is 10.6. The first-order valence-corrected chi connectivity index (χ1v) is 6.06. The summed E-state index contributed by atoms with van der Waals surface area (Å²) in [4.78, 5) is 0. The average molecular weight is 221 g/mol. The molecule has 0 aliphatic rings. The van der Waals surface area contributed by atoms with E-state index in [0.29, 0.717) is 18.4 Å². The lowest BCUT2D eigenvalue weighted by atomic mass is 9.84. The highest BCUT2D eigenvalue weighted by molar-refractivity contribution is 5.29. The second-order valence-electron chi connectivity index (χ2n) is 4.38. The van der Waals surface area contributed by atoms with E-state index in [4.69, 9.17) is 10.5 Å². The molecule has 90 valence electrons. The third-order valence-electron chi connectivity index (χ3n) is 3.23. The lowest BCUT2D eigenvalue weighted by molar-refractivity contribution is 0.411. The Labute approximate surface area is 98.8 Å². The van der Waals surface area contributed by atoms with Crippen LogP contribution in [-0.2, 0) is 0 Å². The van der Waals surface area contributed by atoms with Crippen LogP contribution in [0.3, 0.4) is 0 Å². The molecule has 1 aromatic rings. The van der Waals surface area contributed by atoms with Gasteiger partial charge in [-0.2, -0.15) is 0 Å². The van der Waals surface area contributed by atoms with Crippen molar-refractivity contribution in [1.82, 2.24) is 0 Å². The zero-order valence-corrected chi connectivity index (χ0v) is 10.6. The van der Waals surface area contributed by atoms with Crippen LogP contribution in [0.25, 0.3) is 0 Å². The number of benzene rings is 1. The predicted molar refractivity (Wildman–Crippen MR) is 68.9 cm³/mol. The first-order chi connectivity index (χ1) is 7.72. The summed E-state index contributed by atoms with van der Waals surface area (Å²) in [6.07, 6.45) is 2.45. The fourth-order valence-corrected chi connectivity index (χ4v) is 2.20. The Balaban J connectivity index is 2.78. The van der Waals surface area contributed by atoms with Gasteiger partial charge in [-0.05, 0) is 36.1 Å². The molecule has 0 bridgehead atoms. The Bertz CT molecular complexity index is 294. The van der Waals surface area contributed by atoms with Crippen LogP contribution >= 0.6 is 0 Å². The molecule has 16 heavy (non-hydrogen) atoms. The number of methoxy groups -OCH3 is 1. The van der Waals surface area contributed by atoms with Gasteiger partial charge in [0.05, 0.1) is 7.11 Å². The zero-order chi connectivity index (χ0) is 12.0. The number of hydrogen-bond donors (Lipinski definition) is 1. The molecule has 0 radical (unpaired) electrons. The molecule has 1 aromatic carbocycles. The summed E-state index contributed by atoms with van der Waals surface area (Å²) in [5.74, 6) is 2.01. The summed E-state index contributed by atoms with van der Waals surface area (Å²) in [6, 6.07) is 8.28. The predicted octanol–water partition coefficient (Wildman–Crippen LogP) is 3.17. The molecule has 1 rings (SSSR count). The van der Waals surface area contributed by atoms with Gasteiger partial charge >= 0.3 is 0 Å². The summed E-state index contributed by atoms with van der Waals surface area (Å²) < 4.78 is 5.16. The fraction of sp³-hybridized carbons (Fsp3) is 0.571. The Kier molecular flexibility index (Phi) is 5.33. The van der Waals surface area contributed by atoms with Crippen LogP contribution in [0.1, 0.15) is 38.2 Å². The molecule has 2 heteroatoms. The largest absolute Gasteiger partial charge is 0.497 e. The second-order valence-corrected chi connectivity index (χ2v) is 4.38. The van der Waals surface area contributed by atoms with E-state index >= 15 is 0 Å². The third kappa shape index (κ3) is 3.24. The van der Waals surface area contributed by atoms with E-state index in [1.165, 1.54) is 18.4 Å². The molecule has 0 saturated heterocycles. The van der Waals surface area contributed by atoms with E-state index in [0.717, 1.165) is 5.75 Å². The van der Waals surface area contributed by atoms with Crippen molar-refractivity contribution >= 4 is 0 Å². The van der Waals surface area contributed by atoms with E-state index in [1.54, 1.807) is 7.11 Å². The van der Waals surface area contributed by atoms with Gasteiger partial charge < -0.3 is 10.5 Å². The topological polar surface area (TPSA) is 35.2 Å². The molecule has 0 aliphatic carbocycles. The first kappa shape index (κ1) is 13.0. The van der Waals surface area contributed by atoms with Crippen LogP contribution < -0.4 is 10.5 Å². The summed E-state index contributed by atoms with van der Waals surface area (Å²) in [5, 5.41) is 0. The molecule has 0 aromatic heterocycles. The van der Waals surface area contributed by atoms with Crippen molar-refractivity contribution in [3.05, 3.63) is 29.8 Å². The summed E-state index contributed by atoms with van der Waals surface area (Å²) in [6.45, 7) is 5.22. The Morgan fingerprint density at radius 3 is 2.31 bits per heavy atom. The van der Waals surface area contributed by atoms with Crippen molar-refractivity contribution in [2.75, 3.05) is 13.7 Å². The lowest BCUT2D eigenvalue weighted by Gasteiger charge is -2.22. The van der Waals surface area contributed by atoms with Crippen LogP contribution in [0.15, 0.2) is 24.3 Å². The average Bonchev–Trinajstić information content (AvgIpc) is 2.31. The van der Waals surface area contributed by atoms with Gasteiger partial charge in [-0.1, -0.05) is 38.8 Å². The molecule has 0 saturated carbocycles. The van der Waals surface area contributed by atoms with Gasteiger partial charge in [-0.25, -0.2) is 0 Å². The molecule has 0 fully saturated rings. The van der Waals surface area contributed by atoms with E-state index < -0.39 is 0 Å². The van der Waals surface area contributed by atoms with Gasteiger partial charge in [0.1, 0.15) is 5.75 Å². The van der Waals surface area contributed by atoms with E-state index in [-0.39, 0.29) is 0 Å². The molecule has 2 N–H and O–H groups in total. The molecule has 0 aliphatic heterocycles. The molecular formula is C14H23NO. The van der Waals surface area contributed by atoms with Gasteiger partial charge in [-0.15, -0.1) is 0 Å². The molecule has 0 amide bonds. The Morgan fingerprint density at radius 1 is 1.25 bits per heavy atom. The van der Waals surface area contributed by atoms with Crippen molar-refractivity contribution in [3.63, 3.8) is 0 Å². The van der Waals surface area contributed by atoms with Gasteiger partial charge in [0, 0.05) is 0 Å². The molecule has 2 atom stereocenters. The van der Waals surface area contributed by atoms with Gasteiger partial charge in [-0.3, -0.25) is 0 Å². The minimum Gasteiger partial charge on any atom is -0.497 e. The Hall–Kier alpha value is -1.02. The maximum atomic E-state index is 5.88. The van der Waals surface area contributed by atoms with Gasteiger partial charge in [0.15, 0.2) is 0 Å². The third-order valence-corrected chi connectivity index (χ3v) is 3.23. The highest BCUT2D eigenvalue weighted by Gasteiger charge is 2.16. The maximum absolute atomic E-state index is 5.88. The van der Waals surface area contributed by atoms with Crippen LogP contribution in [0.4, 0.5) is 0 Å². The minimum atomic E-state index is 0.464. The number of ether oxygens (including phenoxy) is 1. The van der Waals surface area contributed by atoms with E-state index in [2.05, 4.69) is 26.0 Å². The lowest BCUT2D eigenvalue weighted by Crippen LogP contribution is -2.19. The van der Waals surface area contributed by atoms with Crippen molar-refractivity contribution in [2.45, 2.75) is 32.6 Å². The monoisotopic (exact) mass is 221 g/mol. The number of rotatable bonds is 6. The number of nitrogens with two attached hydrogens (primary N) is 1. The van der Waals surface area contributed by atoms with Crippen LogP contribution in [0, 0.1) is 5.92 Å². The SMILES string of the molecule is CCCC(C)C(CN)c1ccc(OC)cc1. The summed E-state index contributed by atoms with van der Waals surface area (Å²) in [5.41, 5.74) is 7.20. The molecule has 2 unspecified atom stereocenters. The normalized spacial score (nSPS) is 14.5. The quantitative estimate of drug-likeness (QED) is 0.800. The molecular weight excluding hydrogens is 198 g/mol. The van der Waals surface area contributed by atoms with Gasteiger partial charge in [0.2, 0.25) is 0 Å².